The first-order valence-corrected chi connectivity index (χ1v) is 8.45. The molecule has 1 nitrogen and oxygen atoms in total. The molecule has 0 radical (unpaired) electrons. The van der Waals surface area contributed by atoms with Crippen LogP contribution in [0, 0.1) is 5.92 Å². The summed E-state index contributed by atoms with van der Waals surface area (Å²) in [4.78, 5) is 0.370. The summed E-state index contributed by atoms with van der Waals surface area (Å²) >= 11 is 7.24. The second-order valence-corrected chi connectivity index (χ2v) is 6.79. The maximum absolute atomic E-state index is 5.79. The van der Waals surface area contributed by atoms with Crippen LogP contribution in [-0.4, -0.2) is 6.61 Å². The third-order valence-electron chi connectivity index (χ3n) is 3.26. The lowest BCUT2D eigenvalue weighted by atomic mass is 9.98. The number of hydrogen-bond donors (Lipinski definition) is 0. The van der Waals surface area contributed by atoms with E-state index in [0.717, 1.165) is 23.2 Å². The van der Waals surface area contributed by atoms with E-state index in [4.69, 9.17) is 4.74 Å². The number of benzene rings is 2. The van der Waals surface area contributed by atoms with Gasteiger partial charge in [-0.05, 0) is 36.1 Å². The van der Waals surface area contributed by atoms with Crippen LogP contribution in [0.3, 0.4) is 0 Å². The van der Waals surface area contributed by atoms with Crippen LogP contribution in [0.5, 0.6) is 5.75 Å². The second-order valence-electron chi connectivity index (χ2n) is 4.88. The molecule has 0 fully saturated rings. The smallest absolute Gasteiger partial charge is 0.120 e. The third-order valence-corrected chi connectivity index (χ3v) is 5.18. The molecule has 0 saturated heterocycles. The summed E-state index contributed by atoms with van der Waals surface area (Å²) in [6, 6.07) is 18.5. The van der Waals surface area contributed by atoms with Gasteiger partial charge in [0.2, 0.25) is 0 Å². The van der Waals surface area contributed by atoms with Crippen molar-refractivity contribution in [1.29, 1.82) is 0 Å². The first-order valence-electron chi connectivity index (χ1n) is 6.74. The van der Waals surface area contributed by atoms with Crippen molar-refractivity contribution in [2.45, 2.75) is 18.2 Å². The van der Waals surface area contributed by atoms with Gasteiger partial charge in [-0.25, -0.2) is 0 Å². The minimum absolute atomic E-state index is 0.370. The van der Waals surface area contributed by atoms with Gasteiger partial charge in [0.25, 0.3) is 0 Å². The van der Waals surface area contributed by atoms with E-state index in [1.807, 2.05) is 30.3 Å². The zero-order chi connectivity index (χ0) is 14.4. The van der Waals surface area contributed by atoms with Crippen molar-refractivity contribution < 1.29 is 4.74 Å². The number of hydrogen-bond acceptors (Lipinski definition) is 1. The number of alkyl halides is 1. The topological polar surface area (TPSA) is 9.23 Å². The average molecular weight is 398 g/mol. The van der Waals surface area contributed by atoms with Gasteiger partial charge in [-0.2, -0.15) is 0 Å². The van der Waals surface area contributed by atoms with Gasteiger partial charge < -0.3 is 4.74 Å². The zero-order valence-corrected chi connectivity index (χ0v) is 14.6. The van der Waals surface area contributed by atoms with Crippen LogP contribution in [-0.2, 0) is 0 Å². The molecule has 2 rings (SSSR count). The Bertz CT molecular complexity index is 528. The van der Waals surface area contributed by atoms with Crippen molar-refractivity contribution in [2.24, 2.45) is 5.92 Å². The minimum Gasteiger partial charge on any atom is -0.494 e. The molecule has 0 aromatic heterocycles. The maximum Gasteiger partial charge on any atom is 0.120 e. The Kier molecular flexibility index (Phi) is 6.11. The van der Waals surface area contributed by atoms with E-state index in [9.17, 15) is 0 Å². The van der Waals surface area contributed by atoms with Gasteiger partial charge in [0.1, 0.15) is 5.75 Å². The first-order chi connectivity index (χ1) is 9.66. The van der Waals surface area contributed by atoms with Crippen molar-refractivity contribution in [1.82, 2.24) is 0 Å². The zero-order valence-electron chi connectivity index (χ0n) is 11.4. The molecule has 0 aliphatic rings. The van der Waals surface area contributed by atoms with Crippen molar-refractivity contribution in [3.8, 4) is 5.75 Å². The largest absolute Gasteiger partial charge is 0.494 e. The lowest BCUT2D eigenvalue weighted by Crippen LogP contribution is -2.09. The highest BCUT2D eigenvalue weighted by Crippen LogP contribution is 2.32. The molecule has 0 amide bonds. The molecular formula is C17H18Br2O. The minimum atomic E-state index is 0.370. The molecule has 3 heteroatoms. The van der Waals surface area contributed by atoms with Gasteiger partial charge in [0.15, 0.2) is 0 Å². The van der Waals surface area contributed by atoms with Crippen LogP contribution >= 0.6 is 31.9 Å². The molecule has 106 valence electrons. The summed E-state index contributed by atoms with van der Waals surface area (Å²) in [5.74, 6) is 1.43. The molecular weight excluding hydrogens is 380 g/mol. The van der Waals surface area contributed by atoms with Gasteiger partial charge in [-0.3, -0.25) is 0 Å². The highest BCUT2D eigenvalue weighted by Gasteiger charge is 2.15. The van der Waals surface area contributed by atoms with E-state index in [0.29, 0.717) is 10.7 Å². The van der Waals surface area contributed by atoms with Gasteiger partial charge in [0, 0.05) is 9.30 Å². The summed E-state index contributed by atoms with van der Waals surface area (Å²) in [6.07, 6.45) is 1.01. The molecule has 0 heterocycles. The van der Waals surface area contributed by atoms with Crippen molar-refractivity contribution in [2.75, 3.05) is 6.61 Å². The van der Waals surface area contributed by atoms with E-state index in [-0.39, 0.29) is 0 Å². The van der Waals surface area contributed by atoms with Crippen LogP contribution in [0.1, 0.15) is 23.7 Å². The molecule has 0 saturated carbocycles. The van der Waals surface area contributed by atoms with Gasteiger partial charge in [-0.1, -0.05) is 75.2 Å². The maximum atomic E-state index is 5.79. The van der Waals surface area contributed by atoms with Gasteiger partial charge in [0.05, 0.1) is 6.61 Å². The predicted molar refractivity (Wildman–Crippen MR) is 91.5 cm³/mol. The number of halogens is 2. The SMILES string of the molecule is CC(CCOc1cccc(Br)c1)C(Br)c1ccccc1. The molecule has 2 atom stereocenters. The summed E-state index contributed by atoms with van der Waals surface area (Å²) in [6.45, 7) is 2.98. The second kappa shape index (κ2) is 7.84. The Morgan fingerprint density at radius 1 is 1.05 bits per heavy atom. The summed E-state index contributed by atoms with van der Waals surface area (Å²) in [5.41, 5.74) is 1.32. The standard InChI is InChI=1S/C17H18Br2O/c1-13(17(19)14-6-3-2-4-7-14)10-11-20-16-9-5-8-15(18)12-16/h2-9,12-13,17H,10-11H2,1H3. The first kappa shape index (κ1) is 15.6. The molecule has 0 bridgehead atoms. The van der Waals surface area contributed by atoms with E-state index in [2.05, 4.69) is 63.0 Å². The quantitative estimate of drug-likeness (QED) is 0.544. The van der Waals surface area contributed by atoms with Crippen molar-refractivity contribution in [3.63, 3.8) is 0 Å². The lowest BCUT2D eigenvalue weighted by Gasteiger charge is -2.19. The highest BCUT2D eigenvalue weighted by atomic mass is 79.9. The molecule has 2 aromatic rings. The molecule has 0 aliphatic carbocycles. The average Bonchev–Trinajstić information content (AvgIpc) is 2.47. The van der Waals surface area contributed by atoms with Gasteiger partial charge >= 0.3 is 0 Å². The summed E-state index contributed by atoms with van der Waals surface area (Å²) < 4.78 is 6.84. The van der Waals surface area contributed by atoms with Crippen molar-refractivity contribution >= 4 is 31.9 Å². The Labute approximate surface area is 137 Å². The van der Waals surface area contributed by atoms with E-state index >= 15 is 0 Å². The number of ether oxygens (including phenoxy) is 1. The van der Waals surface area contributed by atoms with Crippen LogP contribution in [0.25, 0.3) is 0 Å². The fourth-order valence-corrected chi connectivity index (χ4v) is 2.98. The molecule has 0 N–H and O–H groups in total. The Balaban J connectivity index is 1.82. The normalized spacial score (nSPS) is 13.8. The molecule has 0 spiro atoms. The van der Waals surface area contributed by atoms with Crippen LogP contribution < -0.4 is 4.74 Å². The molecule has 2 aromatic carbocycles. The monoisotopic (exact) mass is 396 g/mol. The van der Waals surface area contributed by atoms with Crippen LogP contribution in [0.2, 0.25) is 0 Å². The Hall–Kier alpha value is -0.800. The highest BCUT2D eigenvalue weighted by molar-refractivity contribution is 9.10. The lowest BCUT2D eigenvalue weighted by molar-refractivity contribution is 0.283. The molecule has 0 aliphatic heterocycles. The number of rotatable bonds is 6. The molecule has 2 unspecified atom stereocenters. The van der Waals surface area contributed by atoms with E-state index < -0.39 is 0 Å². The van der Waals surface area contributed by atoms with E-state index in [1.165, 1.54) is 5.56 Å². The van der Waals surface area contributed by atoms with Crippen LogP contribution in [0.15, 0.2) is 59.1 Å². The van der Waals surface area contributed by atoms with Crippen LogP contribution in [0.4, 0.5) is 0 Å². The Morgan fingerprint density at radius 3 is 2.50 bits per heavy atom. The third kappa shape index (κ3) is 4.64. The summed E-state index contributed by atoms with van der Waals surface area (Å²) in [5, 5.41) is 0. The Morgan fingerprint density at radius 2 is 1.80 bits per heavy atom. The molecule has 20 heavy (non-hydrogen) atoms. The van der Waals surface area contributed by atoms with E-state index in [1.54, 1.807) is 0 Å². The fourth-order valence-electron chi connectivity index (χ4n) is 2.03. The fraction of sp³-hybridized carbons (Fsp3) is 0.294. The predicted octanol–water partition coefficient (Wildman–Crippen LogP) is 5.99. The summed E-state index contributed by atoms with van der Waals surface area (Å²) in [7, 11) is 0. The van der Waals surface area contributed by atoms with Crippen molar-refractivity contribution in [3.05, 3.63) is 64.6 Å². The van der Waals surface area contributed by atoms with Gasteiger partial charge in [-0.15, -0.1) is 0 Å².